The van der Waals surface area contributed by atoms with Crippen LogP contribution in [0.15, 0.2) is 23.2 Å². The Hall–Kier alpha value is -1.05. The Morgan fingerprint density at radius 2 is 2.24 bits per heavy atom. The van der Waals surface area contributed by atoms with Gasteiger partial charge < -0.3 is 15.8 Å². The second-order valence-electron chi connectivity index (χ2n) is 5.17. The Balaban J connectivity index is 0.00000220. The second-order valence-corrected chi connectivity index (χ2v) is 5.17. The summed E-state index contributed by atoms with van der Waals surface area (Å²) in [6, 6.07) is 4.91. The van der Waals surface area contributed by atoms with E-state index in [-0.39, 0.29) is 35.8 Å². The molecular formula is C15H23FIN3O. The molecule has 0 saturated heterocycles. The van der Waals surface area contributed by atoms with Gasteiger partial charge in [0.25, 0.3) is 0 Å². The van der Waals surface area contributed by atoms with E-state index in [1.54, 1.807) is 6.07 Å². The van der Waals surface area contributed by atoms with Gasteiger partial charge in [0, 0.05) is 6.54 Å². The molecule has 0 bridgehead atoms. The van der Waals surface area contributed by atoms with Crippen LogP contribution in [0.1, 0.15) is 38.3 Å². The lowest BCUT2D eigenvalue weighted by atomic mass is 10.1. The van der Waals surface area contributed by atoms with Gasteiger partial charge in [-0.2, -0.15) is 0 Å². The molecule has 6 heteroatoms. The molecule has 0 aromatic heterocycles. The first-order valence-electron chi connectivity index (χ1n) is 7.08. The van der Waals surface area contributed by atoms with Crippen molar-refractivity contribution in [3.8, 4) is 5.75 Å². The molecule has 3 N–H and O–H groups in total. The summed E-state index contributed by atoms with van der Waals surface area (Å²) in [4.78, 5) is 4.05. The molecule has 0 amide bonds. The van der Waals surface area contributed by atoms with Gasteiger partial charge >= 0.3 is 0 Å². The lowest BCUT2D eigenvalue weighted by Gasteiger charge is -2.16. The van der Waals surface area contributed by atoms with E-state index >= 15 is 0 Å². The SMILES string of the molecule is CCN=C(N)NC(C)c1ccc(OCC2CC2)c(F)c1.I. The smallest absolute Gasteiger partial charge is 0.189 e. The highest BCUT2D eigenvalue weighted by Crippen LogP contribution is 2.30. The number of halogens is 2. The number of nitrogens with one attached hydrogen (secondary N) is 1. The van der Waals surface area contributed by atoms with E-state index in [4.69, 9.17) is 10.5 Å². The van der Waals surface area contributed by atoms with Gasteiger partial charge in [0.1, 0.15) is 0 Å². The standard InChI is InChI=1S/C15H22FN3O.HI/c1-3-18-15(17)19-10(2)12-6-7-14(13(16)8-12)20-9-11-4-5-11;/h6-8,10-11H,3-5,9H2,1-2H3,(H3,17,18,19);1H. The van der Waals surface area contributed by atoms with Gasteiger partial charge in [-0.05, 0) is 50.3 Å². The Bertz CT molecular complexity index is 492. The zero-order valence-corrected chi connectivity index (χ0v) is 14.8. The predicted octanol–water partition coefficient (Wildman–Crippen LogP) is 3.22. The van der Waals surface area contributed by atoms with E-state index in [9.17, 15) is 4.39 Å². The van der Waals surface area contributed by atoms with Gasteiger partial charge in [0.15, 0.2) is 17.5 Å². The van der Waals surface area contributed by atoms with Crippen molar-refractivity contribution in [3.63, 3.8) is 0 Å². The summed E-state index contributed by atoms with van der Waals surface area (Å²) in [5.41, 5.74) is 6.51. The fourth-order valence-corrected chi connectivity index (χ4v) is 1.92. The van der Waals surface area contributed by atoms with Crippen LogP contribution in [0.4, 0.5) is 4.39 Å². The van der Waals surface area contributed by atoms with Crippen LogP contribution in [0.25, 0.3) is 0 Å². The summed E-state index contributed by atoms with van der Waals surface area (Å²) in [7, 11) is 0. The first-order valence-corrected chi connectivity index (χ1v) is 7.08. The lowest BCUT2D eigenvalue weighted by molar-refractivity contribution is 0.285. The number of aliphatic imine (C=N–C) groups is 1. The molecule has 0 heterocycles. The molecule has 1 fully saturated rings. The van der Waals surface area contributed by atoms with Crippen LogP contribution in [0.5, 0.6) is 5.75 Å². The van der Waals surface area contributed by atoms with Crippen LogP contribution in [-0.4, -0.2) is 19.1 Å². The van der Waals surface area contributed by atoms with Crippen LogP contribution in [0.2, 0.25) is 0 Å². The summed E-state index contributed by atoms with van der Waals surface area (Å²) >= 11 is 0. The zero-order chi connectivity index (χ0) is 14.5. The molecule has 21 heavy (non-hydrogen) atoms. The topological polar surface area (TPSA) is 59.6 Å². The van der Waals surface area contributed by atoms with Gasteiger partial charge in [-0.1, -0.05) is 6.07 Å². The molecule has 1 atom stereocenters. The summed E-state index contributed by atoms with van der Waals surface area (Å²) in [6.07, 6.45) is 2.38. The molecule has 1 aliphatic rings. The molecule has 2 rings (SSSR count). The van der Waals surface area contributed by atoms with Crippen molar-refractivity contribution >= 4 is 29.9 Å². The van der Waals surface area contributed by atoms with E-state index in [0.29, 0.717) is 30.8 Å². The highest BCUT2D eigenvalue weighted by molar-refractivity contribution is 14.0. The van der Waals surface area contributed by atoms with Gasteiger partial charge in [-0.3, -0.25) is 4.99 Å². The minimum atomic E-state index is -0.331. The van der Waals surface area contributed by atoms with E-state index in [2.05, 4.69) is 10.3 Å². The van der Waals surface area contributed by atoms with Crippen LogP contribution in [0.3, 0.4) is 0 Å². The maximum atomic E-state index is 14.0. The molecule has 1 aromatic carbocycles. The Morgan fingerprint density at radius 3 is 2.81 bits per heavy atom. The molecule has 4 nitrogen and oxygen atoms in total. The van der Waals surface area contributed by atoms with Gasteiger partial charge in [-0.25, -0.2) is 4.39 Å². The van der Waals surface area contributed by atoms with Crippen molar-refractivity contribution in [3.05, 3.63) is 29.6 Å². The number of benzene rings is 1. The second kappa shape index (κ2) is 8.41. The number of hydrogen-bond donors (Lipinski definition) is 2. The molecule has 1 aliphatic carbocycles. The quantitative estimate of drug-likeness (QED) is 0.433. The van der Waals surface area contributed by atoms with Gasteiger partial charge in [0.2, 0.25) is 0 Å². The average Bonchev–Trinajstić information content (AvgIpc) is 3.21. The zero-order valence-electron chi connectivity index (χ0n) is 12.4. The van der Waals surface area contributed by atoms with Crippen molar-refractivity contribution in [1.82, 2.24) is 5.32 Å². The van der Waals surface area contributed by atoms with Crippen molar-refractivity contribution in [1.29, 1.82) is 0 Å². The fourth-order valence-electron chi connectivity index (χ4n) is 1.92. The first kappa shape index (κ1) is 18.0. The van der Waals surface area contributed by atoms with Gasteiger partial charge in [0.05, 0.1) is 12.6 Å². The molecule has 0 aliphatic heterocycles. The third-order valence-electron chi connectivity index (χ3n) is 3.32. The van der Waals surface area contributed by atoms with Crippen LogP contribution < -0.4 is 15.8 Å². The largest absolute Gasteiger partial charge is 0.490 e. The Kier molecular flexibility index (Phi) is 7.21. The molecule has 0 radical (unpaired) electrons. The lowest BCUT2D eigenvalue weighted by Crippen LogP contribution is -2.33. The first-order chi connectivity index (χ1) is 9.60. The predicted molar refractivity (Wildman–Crippen MR) is 93.7 cm³/mol. The maximum Gasteiger partial charge on any atom is 0.189 e. The molecule has 1 unspecified atom stereocenters. The van der Waals surface area contributed by atoms with Crippen LogP contribution >= 0.6 is 24.0 Å². The van der Waals surface area contributed by atoms with E-state index in [1.165, 1.54) is 18.9 Å². The average molecular weight is 407 g/mol. The summed E-state index contributed by atoms with van der Waals surface area (Å²) in [5.74, 6) is 0.972. The van der Waals surface area contributed by atoms with Crippen molar-refractivity contribution in [2.45, 2.75) is 32.7 Å². The highest BCUT2D eigenvalue weighted by Gasteiger charge is 2.22. The number of hydrogen-bond acceptors (Lipinski definition) is 2. The fraction of sp³-hybridized carbons (Fsp3) is 0.533. The third-order valence-corrected chi connectivity index (χ3v) is 3.32. The maximum absolute atomic E-state index is 14.0. The van der Waals surface area contributed by atoms with Crippen molar-refractivity contribution < 1.29 is 9.13 Å². The molecule has 118 valence electrons. The monoisotopic (exact) mass is 407 g/mol. The van der Waals surface area contributed by atoms with Crippen LogP contribution in [-0.2, 0) is 0 Å². The number of guanidine groups is 1. The number of ether oxygens (including phenoxy) is 1. The van der Waals surface area contributed by atoms with Crippen molar-refractivity contribution in [2.24, 2.45) is 16.6 Å². The van der Waals surface area contributed by atoms with Gasteiger partial charge in [-0.15, -0.1) is 24.0 Å². The minimum Gasteiger partial charge on any atom is -0.490 e. The molecular weight excluding hydrogens is 384 g/mol. The van der Waals surface area contributed by atoms with E-state index in [0.717, 1.165) is 5.56 Å². The number of nitrogens with zero attached hydrogens (tertiary/aromatic N) is 1. The molecule has 1 aromatic rings. The summed E-state index contributed by atoms with van der Waals surface area (Å²) in [6.45, 7) is 5.05. The number of nitrogens with two attached hydrogens (primary N) is 1. The summed E-state index contributed by atoms with van der Waals surface area (Å²) in [5, 5.41) is 3.02. The normalized spacial score (nSPS) is 16.0. The highest BCUT2D eigenvalue weighted by atomic mass is 127. The molecule has 1 saturated carbocycles. The van der Waals surface area contributed by atoms with E-state index < -0.39 is 0 Å². The Labute approximate surface area is 142 Å². The Morgan fingerprint density at radius 1 is 1.52 bits per heavy atom. The minimum absolute atomic E-state index is 0. The van der Waals surface area contributed by atoms with E-state index in [1.807, 2.05) is 19.9 Å². The van der Waals surface area contributed by atoms with Crippen LogP contribution in [0, 0.1) is 11.7 Å². The molecule has 0 spiro atoms. The summed E-state index contributed by atoms with van der Waals surface area (Å²) < 4.78 is 19.4. The third kappa shape index (κ3) is 5.68. The van der Waals surface area contributed by atoms with Crippen molar-refractivity contribution in [2.75, 3.05) is 13.2 Å². The number of rotatable bonds is 6.